The van der Waals surface area contributed by atoms with Crippen molar-refractivity contribution in [1.82, 2.24) is 14.7 Å². The summed E-state index contributed by atoms with van der Waals surface area (Å²) in [6, 6.07) is 12.9. The first-order valence-electron chi connectivity index (χ1n) is 8.97. The van der Waals surface area contributed by atoms with Crippen LogP contribution >= 0.6 is 39.1 Å². The normalized spacial score (nSPS) is 11.1. The van der Waals surface area contributed by atoms with Crippen LogP contribution in [-0.2, 0) is 11.3 Å². The quantitative estimate of drug-likeness (QED) is 0.402. The Bertz CT molecular complexity index is 1030. The molecule has 0 saturated carbocycles. The van der Waals surface area contributed by atoms with Gasteiger partial charge in [0.1, 0.15) is 0 Å². The summed E-state index contributed by atoms with van der Waals surface area (Å²) < 4.78 is 7.81. The molecule has 2 aromatic carbocycles. The molecule has 3 rings (SSSR count). The third-order valence-corrected chi connectivity index (χ3v) is 5.23. The van der Waals surface area contributed by atoms with Crippen LogP contribution in [0.3, 0.4) is 0 Å². The minimum atomic E-state index is -0.466. The van der Waals surface area contributed by atoms with Crippen LogP contribution < -0.4 is 0 Å². The van der Waals surface area contributed by atoms with E-state index in [-0.39, 0.29) is 12.3 Å². The molecule has 152 valence electrons. The average molecular weight is 497 g/mol. The van der Waals surface area contributed by atoms with E-state index in [0.717, 1.165) is 21.3 Å². The lowest BCUT2D eigenvalue weighted by atomic mass is 10.0. The first-order valence-corrected chi connectivity index (χ1v) is 10.5. The van der Waals surface area contributed by atoms with Gasteiger partial charge in [0.05, 0.1) is 23.0 Å². The molecule has 0 amide bonds. The maximum Gasteiger partial charge on any atom is 0.359 e. The summed E-state index contributed by atoms with van der Waals surface area (Å²) in [7, 11) is 3.87. The Hall–Kier alpha value is -1.86. The van der Waals surface area contributed by atoms with Crippen molar-refractivity contribution in [2.45, 2.75) is 13.5 Å². The highest BCUT2D eigenvalue weighted by Gasteiger charge is 2.26. The Morgan fingerprint density at radius 3 is 2.45 bits per heavy atom. The van der Waals surface area contributed by atoms with Crippen LogP contribution in [0.1, 0.15) is 23.0 Å². The zero-order chi connectivity index (χ0) is 21.1. The summed E-state index contributed by atoms with van der Waals surface area (Å²) in [6.45, 7) is 2.54. The summed E-state index contributed by atoms with van der Waals surface area (Å²) in [6.07, 6.45) is 0. The molecular formula is C21H20BrCl2N3O2. The maximum absolute atomic E-state index is 12.7. The van der Waals surface area contributed by atoms with Crippen molar-refractivity contribution in [2.75, 3.05) is 20.7 Å². The van der Waals surface area contributed by atoms with Crippen LogP contribution in [0.4, 0.5) is 0 Å². The van der Waals surface area contributed by atoms with Crippen LogP contribution in [0.5, 0.6) is 0 Å². The minimum Gasteiger partial charge on any atom is -0.461 e. The standard InChI is InChI=1S/C21H20BrCl2N3O2/c1-4-29-21(28)19-16(12-26(2)3)20(13-5-8-15(23)9-6-13)27(25-19)18-10-7-14(22)11-17(18)24/h5-11H,4,12H2,1-3H3. The van der Waals surface area contributed by atoms with Gasteiger partial charge in [-0.05, 0) is 51.4 Å². The topological polar surface area (TPSA) is 47.4 Å². The predicted octanol–water partition coefficient (Wildman–Crippen LogP) is 5.85. The van der Waals surface area contributed by atoms with Gasteiger partial charge in [-0.25, -0.2) is 9.48 Å². The van der Waals surface area contributed by atoms with Gasteiger partial charge in [-0.15, -0.1) is 0 Å². The molecule has 0 aliphatic carbocycles. The first-order chi connectivity index (χ1) is 13.8. The Morgan fingerprint density at radius 1 is 1.17 bits per heavy atom. The number of carbonyl (C=O) groups is 1. The highest BCUT2D eigenvalue weighted by molar-refractivity contribution is 9.10. The van der Waals surface area contributed by atoms with Crippen molar-refractivity contribution in [1.29, 1.82) is 0 Å². The Kier molecular flexibility index (Phi) is 7.01. The van der Waals surface area contributed by atoms with Gasteiger partial charge in [0.25, 0.3) is 0 Å². The van der Waals surface area contributed by atoms with Crippen molar-refractivity contribution >= 4 is 45.1 Å². The van der Waals surface area contributed by atoms with Crippen molar-refractivity contribution in [3.63, 3.8) is 0 Å². The molecule has 0 saturated heterocycles. The number of hydrogen-bond acceptors (Lipinski definition) is 4. The fourth-order valence-corrected chi connectivity index (χ4v) is 3.89. The smallest absolute Gasteiger partial charge is 0.359 e. The lowest BCUT2D eigenvalue weighted by Gasteiger charge is -2.14. The molecular weight excluding hydrogens is 477 g/mol. The van der Waals surface area contributed by atoms with Crippen LogP contribution in [-0.4, -0.2) is 41.4 Å². The van der Waals surface area contributed by atoms with Crippen molar-refractivity contribution in [3.8, 4) is 16.9 Å². The number of rotatable bonds is 6. The van der Waals surface area contributed by atoms with Gasteiger partial charge in [-0.1, -0.05) is 51.3 Å². The number of ether oxygens (including phenoxy) is 1. The van der Waals surface area contributed by atoms with Crippen molar-refractivity contribution in [2.24, 2.45) is 0 Å². The van der Waals surface area contributed by atoms with Crippen LogP contribution in [0, 0.1) is 0 Å². The van der Waals surface area contributed by atoms with E-state index in [1.54, 1.807) is 29.8 Å². The Balaban J connectivity index is 2.33. The molecule has 0 unspecified atom stereocenters. The number of esters is 1. The molecule has 0 fully saturated rings. The summed E-state index contributed by atoms with van der Waals surface area (Å²) in [5.74, 6) is -0.466. The second-order valence-corrected chi connectivity index (χ2v) is 8.41. The van der Waals surface area contributed by atoms with Gasteiger partial charge in [0.2, 0.25) is 0 Å². The minimum absolute atomic E-state index is 0.266. The summed E-state index contributed by atoms with van der Waals surface area (Å²) in [5, 5.41) is 5.75. The van der Waals surface area contributed by atoms with E-state index in [1.165, 1.54) is 0 Å². The molecule has 0 N–H and O–H groups in total. The molecule has 3 aromatic rings. The van der Waals surface area contributed by atoms with Crippen molar-refractivity contribution < 1.29 is 9.53 Å². The molecule has 29 heavy (non-hydrogen) atoms. The third-order valence-electron chi connectivity index (χ3n) is 4.18. The van der Waals surface area contributed by atoms with Crippen molar-refractivity contribution in [3.05, 3.63) is 68.2 Å². The SMILES string of the molecule is CCOC(=O)c1nn(-c2ccc(Br)cc2Cl)c(-c2ccc(Cl)cc2)c1CN(C)C. The molecule has 0 radical (unpaired) electrons. The predicted molar refractivity (Wildman–Crippen MR) is 120 cm³/mol. The Morgan fingerprint density at radius 2 is 1.86 bits per heavy atom. The molecule has 8 heteroatoms. The van der Waals surface area contributed by atoms with Crippen LogP contribution in [0.2, 0.25) is 10.0 Å². The van der Waals surface area contributed by atoms with E-state index in [2.05, 4.69) is 21.0 Å². The van der Waals surface area contributed by atoms with E-state index in [9.17, 15) is 4.79 Å². The van der Waals surface area contributed by atoms with Gasteiger partial charge in [0.15, 0.2) is 5.69 Å². The fourth-order valence-electron chi connectivity index (χ4n) is 3.01. The number of aromatic nitrogens is 2. The van der Waals surface area contributed by atoms with E-state index >= 15 is 0 Å². The monoisotopic (exact) mass is 495 g/mol. The van der Waals surface area contributed by atoms with Crippen LogP contribution in [0.15, 0.2) is 46.9 Å². The van der Waals surface area contributed by atoms with Gasteiger partial charge < -0.3 is 9.64 Å². The Labute approximate surface area is 188 Å². The highest BCUT2D eigenvalue weighted by Crippen LogP contribution is 2.34. The lowest BCUT2D eigenvalue weighted by molar-refractivity contribution is 0.0517. The summed E-state index contributed by atoms with van der Waals surface area (Å²) in [4.78, 5) is 14.7. The highest BCUT2D eigenvalue weighted by atomic mass is 79.9. The molecule has 1 heterocycles. The number of hydrogen-bond donors (Lipinski definition) is 0. The van der Waals surface area contributed by atoms with Gasteiger partial charge in [-0.2, -0.15) is 5.10 Å². The van der Waals surface area contributed by atoms with Gasteiger partial charge in [0, 0.05) is 27.2 Å². The number of benzene rings is 2. The van der Waals surface area contributed by atoms with E-state index in [4.69, 9.17) is 27.9 Å². The molecule has 0 bridgehead atoms. The fraction of sp³-hybridized carbons (Fsp3) is 0.238. The molecule has 0 aliphatic heterocycles. The zero-order valence-electron chi connectivity index (χ0n) is 16.2. The third kappa shape index (κ3) is 4.83. The molecule has 5 nitrogen and oxygen atoms in total. The molecule has 0 spiro atoms. The number of halogens is 3. The van der Waals surface area contributed by atoms with Gasteiger partial charge in [-0.3, -0.25) is 0 Å². The van der Waals surface area contributed by atoms with E-state index < -0.39 is 5.97 Å². The second-order valence-electron chi connectivity index (χ2n) is 6.65. The van der Waals surface area contributed by atoms with Gasteiger partial charge >= 0.3 is 5.97 Å². The maximum atomic E-state index is 12.7. The molecule has 0 aliphatic rings. The van der Waals surface area contributed by atoms with Crippen LogP contribution in [0.25, 0.3) is 16.9 Å². The molecule has 0 atom stereocenters. The summed E-state index contributed by atoms with van der Waals surface area (Å²) >= 11 is 16.0. The number of carbonyl (C=O) groups excluding carboxylic acids is 1. The van der Waals surface area contributed by atoms with E-state index in [0.29, 0.717) is 22.3 Å². The zero-order valence-corrected chi connectivity index (χ0v) is 19.3. The second kappa shape index (κ2) is 9.30. The lowest BCUT2D eigenvalue weighted by Crippen LogP contribution is -2.15. The number of nitrogens with zero attached hydrogens (tertiary/aromatic N) is 3. The summed E-state index contributed by atoms with van der Waals surface area (Å²) in [5.41, 5.74) is 3.32. The first kappa shape index (κ1) is 21.8. The average Bonchev–Trinajstić information content (AvgIpc) is 3.01. The van der Waals surface area contributed by atoms with E-state index in [1.807, 2.05) is 43.3 Å². The largest absolute Gasteiger partial charge is 0.461 e. The molecule has 1 aromatic heterocycles.